The molecule has 1 rings (SSSR count). The lowest BCUT2D eigenvalue weighted by Crippen LogP contribution is -2.35. The van der Waals surface area contributed by atoms with E-state index in [2.05, 4.69) is 4.74 Å². The SMILES string of the molecule is COc1cc(CN(C)C(C)C(=O)O)c([N+](=O)[O-])cc1OCC(F)(F)F. The Kier molecular flexibility index (Phi) is 6.56. The molecule has 1 atom stereocenters. The maximum atomic E-state index is 12.3. The zero-order chi connectivity index (χ0) is 19.4. The van der Waals surface area contributed by atoms with E-state index in [0.29, 0.717) is 0 Å². The lowest BCUT2D eigenvalue weighted by Gasteiger charge is -2.21. The summed E-state index contributed by atoms with van der Waals surface area (Å²) in [6.45, 7) is -0.359. The van der Waals surface area contributed by atoms with Crippen LogP contribution in [0.5, 0.6) is 11.5 Å². The summed E-state index contributed by atoms with van der Waals surface area (Å²) in [7, 11) is 2.62. The molecular weight excluding hydrogens is 349 g/mol. The van der Waals surface area contributed by atoms with Crippen LogP contribution in [0.2, 0.25) is 0 Å². The normalized spacial score (nSPS) is 12.8. The van der Waals surface area contributed by atoms with Crippen molar-refractivity contribution in [3.63, 3.8) is 0 Å². The number of halogens is 3. The quantitative estimate of drug-likeness (QED) is 0.557. The Hall–Kier alpha value is -2.56. The van der Waals surface area contributed by atoms with Crippen molar-refractivity contribution in [3.8, 4) is 11.5 Å². The molecule has 1 aromatic rings. The minimum absolute atomic E-state index is 0.0804. The number of methoxy groups -OCH3 is 1. The van der Waals surface area contributed by atoms with Crippen LogP contribution in [0.4, 0.5) is 18.9 Å². The molecular formula is C14H17F3N2O6. The van der Waals surface area contributed by atoms with E-state index < -0.39 is 41.2 Å². The summed E-state index contributed by atoms with van der Waals surface area (Å²) in [4.78, 5) is 22.7. The highest BCUT2D eigenvalue weighted by Gasteiger charge is 2.30. The monoisotopic (exact) mass is 366 g/mol. The van der Waals surface area contributed by atoms with E-state index in [1.165, 1.54) is 26.0 Å². The Balaban J connectivity index is 3.21. The number of nitro benzene ring substituents is 1. The molecule has 0 aromatic heterocycles. The number of carboxylic acids is 1. The first-order valence-corrected chi connectivity index (χ1v) is 6.94. The second-order valence-corrected chi connectivity index (χ2v) is 5.22. The van der Waals surface area contributed by atoms with Gasteiger partial charge in [0, 0.05) is 12.1 Å². The molecule has 25 heavy (non-hydrogen) atoms. The predicted molar refractivity (Wildman–Crippen MR) is 79.8 cm³/mol. The summed E-state index contributed by atoms with van der Waals surface area (Å²) in [5, 5.41) is 20.2. The fraction of sp³-hybridized carbons (Fsp3) is 0.500. The number of likely N-dealkylation sites (N-methyl/N-ethyl adjacent to an activating group) is 1. The number of hydrogen-bond donors (Lipinski definition) is 1. The number of hydrogen-bond acceptors (Lipinski definition) is 6. The largest absolute Gasteiger partial charge is 0.493 e. The molecule has 0 aliphatic heterocycles. The Morgan fingerprint density at radius 3 is 2.44 bits per heavy atom. The fourth-order valence-corrected chi connectivity index (χ4v) is 1.91. The molecule has 0 aliphatic carbocycles. The van der Waals surface area contributed by atoms with Crippen LogP contribution < -0.4 is 9.47 Å². The number of nitro groups is 1. The van der Waals surface area contributed by atoms with Gasteiger partial charge in [0.1, 0.15) is 6.04 Å². The summed E-state index contributed by atoms with van der Waals surface area (Å²) in [5.74, 6) is -1.67. The van der Waals surface area contributed by atoms with E-state index in [1.54, 1.807) is 0 Å². The number of rotatable bonds is 8. The molecule has 0 heterocycles. The van der Waals surface area contributed by atoms with Crippen LogP contribution in [-0.2, 0) is 11.3 Å². The van der Waals surface area contributed by atoms with Crippen LogP contribution in [0.15, 0.2) is 12.1 Å². The number of ether oxygens (including phenoxy) is 2. The third-order valence-electron chi connectivity index (χ3n) is 3.39. The van der Waals surface area contributed by atoms with Crippen LogP contribution in [-0.4, -0.2) is 53.9 Å². The van der Waals surface area contributed by atoms with Gasteiger partial charge in [0.25, 0.3) is 5.69 Å². The number of benzene rings is 1. The highest BCUT2D eigenvalue weighted by atomic mass is 19.4. The maximum absolute atomic E-state index is 12.3. The minimum atomic E-state index is -4.62. The fourth-order valence-electron chi connectivity index (χ4n) is 1.91. The Morgan fingerprint density at radius 2 is 2.00 bits per heavy atom. The van der Waals surface area contributed by atoms with Gasteiger partial charge in [0.15, 0.2) is 18.1 Å². The number of alkyl halides is 3. The second kappa shape index (κ2) is 8.01. The van der Waals surface area contributed by atoms with Gasteiger partial charge in [-0.25, -0.2) is 0 Å². The molecule has 0 fully saturated rings. The summed E-state index contributed by atoms with van der Waals surface area (Å²) in [6, 6.07) is 1.07. The minimum Gasteiger partial charge on any atom is -0.493 e. The van der Waals surface area contributed by atoms with Crippen LogP contribution in [0, 0.1) is 10.1 Å². The van der Waals surface area contributed by atoms with Gasteiger partial charge in [-0.05, 0) is 20.0 Å². The zero-order valence-electron chi connectivity index (χ0n) is 13.7. The van der Waals surface area contributed by atoms with Gasteiger partial charge < -0.3 is 14.6 Å². The van der Waals surface area contributed by atoms with Crippen molar-refractivity contribution in [3.05, 3.63) is 27.8 Å². The molecule has 8 nitrogen and oxygen atoms in total. The third-order valence-corrected chi connectivity index (χ3v) is 3.39. The first-order chi connectivity index (χ1) is 11.5. The predicted octanol–water partition coefficient (Wildman–Crippen LogP) is 2.45. The van der Waals surface area contributed by atoms with Crippen molar-refractivity contribution in [1.29, 1.82) is 0 Å². The summed E-state index contributed by atoms with van der Waals surface area (Å²) in [6.07, 6.45) is -4.62. The third kappa shape index (κ3) is 5.78. The lowest BCUT2D eigenvalue weighted by molar-refractivity contribution is -0.385. The van der Waals surface area contributed by atoms with Crippen molar-refractivity contribution in [2.24, 2.45) is 0 Å². The van der Waals surface area contributed by atoms with E-state index >= 15 is 0 Å². The van der Waals surface area contributed by atoms with Gasteiger partial charge in [0.05, 0.1) is 18.1 Å². The van der Waals surface area contributed by atoms with Crippen molar-refractivity contribution in [2.75, 3.05) is 20.8 Å². The van der Waals surface area contributed by atoms with Crippen LogP contribution >= 0.6 is 0 Å². The topological polar surface area (TPSA) is 102 Å². The molecule has 11 heteroatoms. The van der Waals surface area contributed by atoms with Crippen molar-refractivity contribution in [2.45, 2.75) is 25.7 Å². The summed E-state index contributed by atoms with van der Waals surface area (Å²) >= 11 is 0. The van der Waals surface area contributed by atoms with Gasteiger partial charge in [0.2, 0.25) is 0 Å². The number of aliphatic carboxylic acids is 1. The molecule has 0 spiro atoms. The van der Waals surface area contributed by atoms with E-state index in [4.69, 9.17) is 9.84 Å². The molecule has 1 aromatic carbocycles. The van der Waals surface area contributed by atoms with Gasteiger partial charge in [-0.1, -0.05) is 0 Å². The van der Waals surface area contributed by atoms with E-state index in [0.717, 1.165) is 12.1 Å². The standard InChI is InChI=1S/C14H17F3N2O6/c1-8(13(20)21)18(2)6-9-4-11(24-3)12(5-10(9)19(22)23)25-7-14(15,16)17/h4-5,8H,6-7H2,1-3H3,(H,20,21). The number of carbonyl (C=O) groups is 1. The molecule has 0 radical (unpaired) electrons. The molecule has 0 saturated carbocycles. The van der Waals surface area contributed by atoms with E-state index in [-0.39, 0.29) is 17.9 Å². The highest BCUT2D eigenvalue weighted by molar-refractivity contribution is 5.72. The van der Waals surface area contributed by atoms with Gasteiger partial charge in [-0.15, -0.1) is 0 Å². The van der Waals surface area contributed by atoms with Crippen molar-refractivity contribution < 1.29 is 37.5 Å². The van der Waals surface area contributed by atoms with Gasteiger partial charge >= 0.3 is 12.1 Å². The Morgan fingerprint density at radius 1 is 1.40 bits per heavy atom. The smallest absolute Gasteiger partial charge is 0.422 e. The van der Waals surface area contributed by atoms with E-state index in [1.807, 2.05) is 0 Å². The van der Waals surface area contributed by atoms with Crippen molar-refractivity contribution >= 4 is 11.7 Å². The summed E-state index contributed by atoms with van der Waals surface area (Å²) < 4.78 is 46.4. The Labute approximate surface area is 140 Å². The first kappa shape index (κ1) is 20.5. The molecule has 0 amide bonds. The zero-order valence-corrected chi connectivity index (χ0v) is 13.7. The molecule has 0 bridgehead atoms. The number of nitrogens with zero attached hydrogens (tertiary/aromatic N) is 2. The average Bonchev–Trinajstić information content (AvgIpc) is 2.50. The van der Waals surface area contributed by atoms with Crippen LogP contribution in [0.1, 0.15) is 12.5 Å². The average molecular weight is 366 g/mol. The van der Waals surface area contributed by atoms with Gasteiger partial charge in [-0.3, -0.25) is 19.8 Å². The molecule has 1 N–H and O–H groups in total. The van der Waals surface area contributed by atoms with E-state index in [9.17, 15) is 28.1 Å². The first-order valence-electron chi connectivity index (χ1n) is 6.94. The lowest BCUT2D eigenvalue weighted by atomic mass is 10.1. The number of carboxylic acid groups (broad SMARTS) is 1. The van der Waals surface area contributed by atoms with Gasteiger partial charge in [-0.2, -0.15) is 13.2 Å². The highest BCUT2D eigenvalue weighted by Crippen LogP contribution is 2.36. The molecule has 140 valence electrons. The van der Waals surface area contributed by atoms with Crippen LogP contribution in [0.25, 0.3) is 0 Å². The van der Waals surface area contributed by atoms with Crippen molar-refractivity contribution in [1.82, 2.24) is 4.90 Å². The van der Waals surface area contributed by atoms with Crippen LogP contribution in [0.3, 0.4) is 0 Å². The maximum Gasteiger partial charge on any atom is 0.422 e. The second-order valence-electron chi connectivity index (χ2n) is 5.22. The molecule has 1 unspecified atom stereocenters. The molecule has 0 aliphatic rings. The Bertz CT molecular complexity index is 650. The molecule has 0 saturated heterocycles. The summed E-state index contributed by atoms with van der Waals surface area (Å²) in [5.41, 5.74) is -0.417.